The van der Waals surface area contributed by atoms with Gasteiger partial charge in [-0.25, -0.2) is 4.79 Å². The van der Waals surface area contributed by atoms with Gasteiger partial charge in [0.25, 0.3) is 5.91 Å². The minimum absolute atomic E-state index is 0.367. The van der Waals surface area contributed by atoms with Crippen molar-refractivity contribution in [2.75, 3.05) is 20.2 Å². The van der Waals surface area contributed by atoms with Gasteiger partial charge in [0.05, 0.1) is 0 Å². The second kappa shape index (κ2) is 6.44. The number of hydrogen-bond acceptors (Lipinski definition) is 5. The lowest BCUT2D eigenvalue weighted by Gasteiger charge is -2.06. The van der Waals surface area contributed by atoms with Gasteiger partial charge in [-0.05, 0) is 0 Å². The lowest BCUT2D eigenvalue weighted by molar-refractivity contribution is -0.121. The number of ether oxygens (including phenoxy) is 1. The average Bonchev–Trinajstić information content (AvgIpc) is 2.13. The maximum atomic E-state index is 11.0. The van der Waals surface area contributed by atoms with Crippen LogP contribution in [0.3, 0.4) is 0 Å². The third kappa shape index (κ3) is 4.88. The number of halogens is 2. The Balaban J connectivity index is 4.12. The van der Waals surface area contributed by atoms with Crippen LogP contribution in [0.25, 0.3) is 0 Å². The first-order valence-electron chi connectivity index (χ1n) is 3.34. The van der Waals surface area contributed by atoms with Crippen molar-refractivity contribution in [1.82, 2.24) is 4.90 Å². The summed E-state index contributed by atoms with van der Waals surface area (Å²) in [5.41, 5.74) is 0. The predicted molar refractivity (Wildman–Crippen MR) is 50.3 cm³/mol. The average molecular weight is 243 g/mol. The molecule has 8 heteroatoms. The van der Waals surface area contributed by atoms with Crippen molar-refractivity contribution >= 4 is 40.4 Å². The summed E-state index contributed by atoms with van der Waals surface area (Å²) in [5, 5.41) is 2.54. The molecule has 0 aromatic heterocycles. The quantitative estimate of drug-likeness (QED) is 0.243. The third-order valence-electron chi connectivity index (χ3n) is 0.955. The standard InChI is InChI=1S/C6H8Cl2N2O4/c1-10(2)5(11)4(8)9-14-6(12)13-3-7/h3H2,1-2H3. The molecule has 1 amide bonds. The summed E-state index contributed by atoms with van der Waals surface area (Å²) in [6.07, 6.45) is -1.13. The molecule has 6 nitrogen and oxygen atoms in total. The van der Waals surface area contributed by atoms with E-state index in [-0.39, 0.29) is 6.07 Å². The Morgan fingerprint density at radius 3 is 2.43 bits per heavy atom. The molecule has 0 radical (unpaired) electrons. The smallest absolute Gasteiger partial charge is 0.416 e. The Hall–Kier alpha value is -1.01. The molecular weight excluding hydrogens is 235 g/mol. The summed E-state index contributed by atoms with van der Waals surface area (Å²) in [4.78, 5) is 26.8. The fourth-order valence-electron chi connectivity index (χ4n) is 0.372. The molecular formula is C6H8Cl2N2O4. The van der Waals surface area contributed by atoms with Crippen molar-refractivity contribution in [2.45, 2.75) is 0 Å². The molecule has 0 aliphatic carbocycles. The van der Waals surface area contributed by atoms with Crippen molar-refractivity contribution < 1.29 is 19.2 Å². The summed E-state index contributed by atoms with van der Waals surface area (Å²) in [6.45, 7) is 0. The van der Waals surface area contributed by atoms with Crippen LogP contribution in [0.15, 0.2) is 5.16 Å². The van der Waals surface area contributed by atoms with Gasteiger partial charge >= 0.3 is 6.16 Å². The van der Waals surface area contributed by atoms with E-state index in [0.717, 1.165) is 0 Å². The summed E-state index contributed by atoms with van der Waals surface area (Å²) >= 11 is 10.4. The summed E-state index contributed by atoms with van der Waals surface area (Å²) < 4.78 is 4.15. The van der Waals surface area contributed by atoms with Gasteiger partial charge in [-0.3, -0.25) is 9.63 Å². The normalized spacial score (nSPS) is 10.7. The summed E-state index contributed by atoms with van der Waals surface area (Å²) in [7, 11) is 2.94. The first kappa shape index (κ1) is 13.0. The molecule has 0 aromatic carbocycles. The van der Waals surface area contributed by atoms with E-state index < -0.39 is 17.2 Å². The molecule has 0 rings (SSSR count). The lowest BCUT2D eigenvalue weighted by Crippen LogP contribution is -2.27. The van der Waals surface area contributed by atoms with Crippen LogP contribution >= 0.6 is 23.2 Å². The van der Waals surface area contributed by atoms with Gasteiger partial charge in [-0.2, -0.15) is 0 Å². The molecule has 0 atom stereocenters. The minimum atomic E-state index is -1.13. The van der Waals surface area contributed by atoms with Gasteiger partial charge < -0.3 is 9.64 Å². The van der Waals surface area contributed by atoms with Crippen LogP contribution in [0, 0.1) is 0 Å². The largest absolute Gasteiger partial charge is 0.536 e. The highest BCUT2D eigenvalue weighted by atomic mass is 35.5. The monoisotopic (exact) mass is 242 g/mol. The number of carbonyl (C=O) groups excluding carboxylic acids is 2. The van der Waals surface area contributed by atoms with E-state index in [9.17, 15) is 9.59 Å². The van der Waals surface area contributed by atoms with Gasteiger partial charge in [-0.1, -0.05) is 28.4 Å². The second-order valence-electron chi connectivity index (χ2n) is 2.18. The maximum absolute atomic E-state index is 11.0. The molecule has 0 heterocycles. The van der Waals surface area contributed by atoms with Crippen LogP contribution in [0.1, 0.15) is 0 Å². The number of alkyl halides is 1. The van der Waals surface area contributed by atoms with E-state index in [0.29, 0.717) is 0 Å². The molecule has 0 fully saturated rings. The predicted octanol–water partition coefficient (Wildman–Crippen LogP) is 0.976. The number of amides is 1. The van der Waals surface area contributed by atoms with Crippen LogP contribution in [-0.4, -0.2) is 42.3 Å². The van der Waals surface area contributed by atoms with Crippen LogP contribution in [0.5, 0.6) is 0 Å². The van der Waals surface area contributed by atoms with Gasteiger partial charge in [0.1, 0.15) is 0 Å². The van der Waals surface area contributed by atoms with Crippen LogP contribution in [-0.2, 0) is 14.4 Å². The molecule has 0 aromatic rings. The molecule has 0 aliphatic heterocycles. The van der Waals surface area contributed by atoms with Crippen LogP contribution in [0.2, 0.25) is 0 Å². The molecule has 0 saturated carbocycles. The molecule has 0 bridgehead atoms. The van der Waals surface area contributed by atoms with Crippen LogP contribution < -0.4 is 0 Å². The van der Waals surface area contributed by atoms with E-state index in [1.165, 1.54) is 19.0 Å². The van der Waals surface area contributed by atoms with Gasteiger partial charge in [-0.15, -0.1) is 0 Å². The minimum Gasteiger partial charge on any atom is -0.416 e. The van der Waals surface area contributed by atoms with Gasteiger partial charge in [0.2, 0.25) is 5.17 Å². The summed E-state index contributed by atoms with van der Waals surface area (Å²) in [5.74, 6) is -0.592. The fourth-order valence-corrected chi connectivity index (χ4v) is 0.664. The number of rotatable bonds is 3. The second-order valence-corrected chi connectivity index (χ2v) is 2.75. The molecule has 14 heavy (non-hydrogen) atoms. The Labute approximate surface area is 90.3 Å². The third-order valence-corrected chi connectivity index (χ3v) is 1.30. The highest BCUT2D eigenvalue weighted by Crippen LogP contribution is 1.95. The van der Waals surface area contributed by atoms with E-state index in [2.05, 4.69) is 14.7 Å². The van der Waals surface area contributed by atoms with Crippen molar-refractivity contribution in [3.05, 3.63) is 0 Å². The molecule has 0 unspecified atom stereocenters. The highest BCUT2D eigenvalue weighted by Gasteiger charge is 2.12. The first-order chi connectivity index (χ1) is 6.49. The van der Waals surface area contributed by atoms with Gasteiger partial charge in [0, 0.05) is 14.1 Å². The van der Waals surface area contributed by atoms with Crippen molar-refractivity contribution in [2.24, 2.45) is 5.16 Å². The molecule has 0 saturated heterocycles. The Kier molecular flexibility index (Phi) is 5.98. The van der Waals surface area contributed by atoms with Gasteiger partial charge in [0.15, 0.2) is 6.07 Å². The number of carbonyl (C=O) groups is 2. The molecule has 0 aliphatic rings. The van der Waals surface area contributed by atoms with E-state index in [1.54, 1.807) is 0 Å². The zero-order valence-corrected chi connectivity index (χ0v) is 9.00. The summed E-state index contributed by atoms with van der Waals surface area (Å²) in [6, 6.07) is -0.367. The number of nitrogens with zero attached hydrogens (tertiary/aromatic N) is 2. The fraction of sp³-hybridized carbons (Fsp3) is 0.500. The number of oxime groups is 1. The van der Waals surface area contributed by atoms with E-state index in [1.807, 2.05) is 0 Å². The zero-order chi connectivity index (χ0) is 11.1. The van der Waals surface area contributed by atoms with Crippen molar-refractivity contribution in [3.8, 4) is 0 Å². The topological polar surface area (TPSA) is 68.2 Å². The zero-order valence-electron chi connectivity index (χ0n) is 7.49. The SMILES string of the molecule is CN(C)C(=O)C(Cl)=NOC(=O)OCCl. The lowest BCUT2D eigenvalue weighted by atomic mass is 10.6. The van der Waals surface area contributed by atoms with Crippen molar-refractivity contribution in [1.29, 1.82) is 0 Å². The Bertz CT molecular complexity index is 254. The van der Waals surface area contributed by atoms with E-state index >= 15 is 0 Å². The molecule has 80 valence electrons. The maximum Gasteiger partial charge on any atom is 0.536 e. The van der Waals surface area contributed by atoms with Crippen molar-refractivity contribution in [3.63, 3.8) is 0 Å². The highest BCUT2D eigenvalue weighted by molar-refractivity contribution is 6.82. The molecule has 0 N–H and O–H groups in total. The molecule has 0 spiro atoms. The Morgan fingerprint density at radius 2 is 2.00 bits per heavy atom. The Morgan fingerprint density at radius 1 is 1.43 bits per heavy atom. The number of hydrogen-bond donors (Lipinski definition) is 0. The first-order valence-corrected chi connectivity index (χ1v) is 4.25. The van der Waals surface area contributed by atoms with E-state index in [4.69, 9.17) is 23.2 Å². The van der Waals surface area contributed by atoms with Crippen LogP contribution in [0.4, 0.5) is 4.79 Å².